The summed E-state index contributed by atoms with van der Waals surface area (Å²) in [4.78, 5) is 46.8. The Morgan fingerprint density at radius 3 is 2.36 bits per heavy atom. The predicted octanol–water partition coefficient (Wildman–Crippen LogP) is 3.03. The lowest BCUT2D eigenvalue weighted by Crippen LogP contribution is -2.38. The highest BCUT2D eigenvalue weighted by Gasteiger charge is 2.31. The van der Waals surface area contributed by atoms with E-state index in [1.807, 2.05) is 18.3 Å². The molecule has 234 valence electrons. The number of rotatable bonds is 13. The van der Waals surface area contributed by atoms with Crippen LogP contribution < -0.4 is 25.8 Å². The zero-order valence-electron chi connectivity index (χ0n) is 25.5. The van der Waals surface area contributed by atoms with E-state index in [0.717, 1.165) is 56.2 Å². The van der Waals surface area contributed by atoms with Gasteiger partial charge in [-0.05, 0) is 55.7 Å². The van der Waals surface area contributed by atoms with Gasteiger partial charge in [0.25, 0.3) is 11.8 Å². The number of carbonyl (C=O) groups excluding carboxylic acids is 3. The Kier molecular flexibility index (Phi) is 9.61. The number of carbonyl (C=O) groups is 3. The lowest BCUT2D eigenvalue weighted by Gasteiger charge is -2.30. The van der Waals surface area contributed by atoms with Gasteiger partial charge in [0.15, 0.2) is 11.3 Å². The molecule has 0 unspecified atom stereocenters. The van der Waals surface area contributed by atoms with Crippen molar-refractivity contribution in [1.29, 1.82) is 0 Å². The molecule has 3 amide bonds. The van der Waals surface area contributed by atoms with Crippen LogP contribution in [0, 0.1) is 11.8 Å². The zero-order valence-corrected chi connectivity index (χ0v) is 25.5. The number of ether oxygens (including phenoxy) is 2. The fourth-order valence-electron chi connectivity index (χ4n) is 5.83. The number of hydrogen-bond donors (Lipinski definition) is 3. The Balaban J connectivity index is 1.22. The molecule has 3 heterocycles. The summed E-state index contributed by atoms with van der Waals surface area (Å²) >= 11 is 0. The van der Waals surface area contributed by atoms with Gasteiger partial charge >= 0.3 is 0 Å². The zero-order chi connectivity index (χ0) is 31.2. The number of benzene rings is 1. The summed E-state index contributed by atoms with van der Waals surface area (Å²) in [5.74, 6) is 1.60. The number of methoxy groups -OCH3 is 2. The van der Waals surface area contributed by atoms with Crippen LogP contribution >= 0.6 is 0 Å². The van der Waals surface area contributed by atoms with Crippen molar-refractivity contribution in [2.45, 2.75) is 58.5 Å². The lowest BCUT2D eigenvalue weighted by molar-refractivity contribution is -0.138. The maximum absolute atomic E-state index is 13.0. The molecule has 3 aromatic rings. The van der Waals surface area contributed by atoms with Gasteiger partial charge in [0.1, 0.15) is 17.0 Å². The number of nitrogens with one attached hydrogen (secondary N) is 2. The van der Waals surface area contributed by atoms with Crippen LogP contribution in [0.5, 0.6) is 11.5 Å². The Hall–Kier alpha value is -4.68. The Morgan fingerprint density at radius 1 is 1.05 bits per heavy atom. The second kappa shape index (κ2) is 13.7. The quantitative estimate of drug-likeness (QED) is 0.195. The maximum atomic E-state index is 13.0. The van der Waals surface area contributed by atoms with E-state index in [1.54, 1.807) is 18.9 Å². The number of imide groups is 1. The predicted molar refractivity (Wildman–Crippen MR) is 165 cm³/mol. The molecule has 13 heteroatoms. The second-order valence-corrected chi connectivity index (χ2v) is 11.3. The highest BCUT2D eigenvalue weighted by molar-refractivity contribution is 6.12. The van der Waals surface area contributed by atoms with Gasteiger partial charge in [-0.1, -0.05) is 13.3 Å². The van der Waals surface area contributed by atoms with Crippen LogP contribution in [0.25, 0.3) is 11.0 Å². The first-order chi connectivity index (χ1) is 21.3. The molecule has 5 rings (SSSR count). The first-order valence-electron chi connectivity index (χ1n) is 15.1. The van der Waals surface area contributed by atoms with Crippen molar-refractivity contribution < 1.29 is 23.9 Å². The highest BCUT2D eigenvalue weighted by Crippen LogP contribution is 2.33. The van der Waals surface area contributed by atoms with Gasteiger partial charge in [-0.3, -0.25) is 24.0 Å². The number of hydrogen-bond acceptors (Lipinski definition) is 10. The molecule has 2 aliphatic rings. The number of amides is 3. The van der Waals surface area contributed by atoms with Crippen molar-refractivity contribution in [3.8, 4) is 11.5 Å². The van der Waals surface area contributed by atoms with Crippen molar-refractivity contribution in [3.63, 3.8) is 0 Å². The van der Waals surface area contributed by atoms with E-state index in [1.165, 1.54) is 17.1 Å². The summed E-state index contributed by atoms with van der Waals surface area (Å²) in [7, 11) is 3.19. The molecular formula is C31H40N8O5. The molecule has 1 saturated carbocycles. The van der Waals surface area contributed by atoms with Crippen LogP contribution in [-0.2, 0) is 27.5 Å². The number of anilines is 2. The number of fused-ring (bicyclic) bond motifs is 1. The average Bonchev–Trinajstić information content (AvgIpc) is 3.58. The third-order valence-corrected chi connectivity index (χ3v) is 8.26. The van der Waals surface area contributed by atoms with E-state index in [9.17, 15) is 14.4 Å². The summed E-state index contributed by atoms with van der Waals surface area (Å²) in [5, 5.41) is 11.1. The van der Waals surface area contributed by atoms with Crippen molar-refractivity contribution in [2.75, 3.05) is 38.4 Å². The molecule has 0 radical (unpaired) electrons. The summed E-state index contributed by atoms with van der Waals surface area (Å²) in [6.45, 7) is 3.98. The van der Waals surface area contributed by atoms with Gasteiger partial charge in [-0.15, -0.1) is 0 Å². The van der Waals surface area contributed by atoms with Gasteiger partial charge < -0.3 is 25.8 Å². The smallest absolute Gasteiger partial charge is 0.253 e. The summed E-state index contributed by atoms with van der Waals surface area (Å²) in [6, 6.07) is 3.79. The van der Waals surface area contributed by atoms with Gasteiger partial charge in [0.2, 0.25) is 11.9 Å². The SMILES string of the molecule is CCCCNc1nc(N)nc2cn(Cc3c(OC)cc(CNC(=O)C4CCC(CN5C(=O)C=CC5=O)CC4)cc3OC)nc12. The molecule has 44 heavy (non-hydrogen) atoms. The minimum Gasteiger partial charge on any atom is -0.496 e. The standard InChI is InChI=1S/C31H40N8O5/c1-4-5-12-33-29-28-23(35-31(32)36-29)18-38(37-28)17-22-24(43-2)13-20(14-25(22)44-3)15-34-30(42)21-8-6-19(7-9-21)16-39-26(40)10-11-27(39)41/h10-11,13-14,18-19,21H,4-9,12,15-17H2,1-3H3,(H,34,42)(H3,32,33,35,36). The third-order valence-electron chi connectivity index (χ3n) is 8.26. The fraction of sp³-hybridized carbons (Fsp3) is 0.484. The first kappa shape index (κ1) is 30.8. The number of nitrogen functional groups attached to an aromatic ring is 1. The van der Waals surface area contributed by atoms with E-state index in [0.29, 0.717) is 48.0 Å². The molecule has 1 aliphatic heterocycles. The Morgan fingerprint density at radius 2 is 1.73 bits per heavy atom. The fourth-order valence-corrected chi connectivity index (χ4v) is 5.83. The van der Waals surface area contributed by atoms with Crippen molar-refractivity contribution in [3.05, 3.63) is 41.6 Å². The van der Waals surface area contributed by atoms with Gasteiger partial charge in [0, 0.05) is 37.7 Å². The molecule has 1 fully saturated rings. The van der Waals surface area contributed by atoms with Crippen LogP contribution in [0.2, 0.25) is 0 Å². The minimum absolute atomic E-state index is 0.00702. The molecular weight excluding hydrogens is 564 g/mol. The lowest BCUT2D eigenvalue weighted by atomic mass is 9.81. The van der Waals surface area contributed by atoms with Crippen LogP contribution in [0.4, 0.5) is 11.8 Å². The monoisotopic (exact) mass is 604 g/mol. The molecule has 0 spiro atoms. The number of nitrogens with two attached hydrogens (primary N) is 1. The van der Waals surface area contributed by atoms with Crippen molar-refractivity contribution in [2.24, 2.45) is 11.8 Å². The number of aromatic nitrogens is 4. The van der Waals surface area contributed by atoms with Crippen molar-refractivity contribution >= 4 is 40.5 Å². The van der Waals surface area contributed by atoms with E-state index in [4.69, 9.17) is 20.3 Å². The average molecular weight is 605 g/mol. The van der Waals surface area contributed by atoms with Gasteiger partial charge in [-0.25, -0.2) is 4.98 Å². The largest absolute Gasteiger partial charge is 0.496 e. The summed E-state index contributed by atoms with van der Waals surface area (Å²) < 4.78 is 13.2. The highest BCUT2D eigenvalue weighted by atomic mass is 16.5. The molecule has 1 aromatic carbocycles. The van der Waals surface area contributed by atoms with E-state index >= 15 is 0 Å². The normalized spacial score (nSPS) is 18.2. The van der Waals surface area contributed by atoms with Crippen LogP contribution in [-0.4, -0.2) is 69.7 Å². The number of nitrogens with zero attached hydrogens (tertiary/aromatic N) is 5. The maximum Gasteiger partial charge on any atom is 0.253 e. The number of unbranched alkanes of at least 4 members (excludes halogenated alkanes) is 1. The summed E-state index contributed by atoms with van der Waals surface area (Å²) in [5.41, 5.74) is 8.85. The van der Waals surface area contributed by atoms with Crippen LogP contribution in [0.3, 0.4) is 0 Å². The Bertz CT molecular complexity index is 1520. The molecule has 2 aromatic heterocycles. The third kappa shape index (κ3) is 6.92. The summed E-state index contributed by atoms with van der Waals surface area (Å²) in [6.07, 6.45) is 9.51. The van der Waals surface area contributed by atoms with E-state index in [-0.39, 0.29) is 35.5 Å². The minimum atomic E-state index is -0.256. The molecule has 0 bridgehead atoms. The van der Waals surface area contributed by atoms with E-state index in [2.05, 4.69) is 27.5 Å². The molecule has 13 nitrogen and oxygen atoms in total. The molecule has 0 atom stereocenters. The van der Waals surface area contributed by atoms with Gasteiger partial charge in [-0.2, -0.15) is 10.1 Å². The van der Waals surface area contributed by atoms with Crippen LogP contribution in [0.15, 0.2) is 30.5 Å². The first-order valence-corrected chi connectivity index (χ1v) is 15.1. The Labute approximate surface area is 256 Å². The van der Waals surface area contributed by atoms with Gasteiger partial charge in [0.05, 0.1) is 32.5 Å². The van der Waals surface area contributed by atoms with Crippen LogP contribution in [0.1, 0.15) is 56.6 Å². The van der Waals surface area contributed by atoms with E-state index < -0.39 is 0 Å². The van der Waals surface area contributed by atoms with Crippen molar-refractivity contribution in [1.82, 2.24) is 30.0 Å². The molecule has 0 saturated heterocycles. The second-order valence-electron chi connectivity index (χ2n) is 11.3. The molecule has 1 aliphatic carbocycles. The topological polar surface area (TPSA) is 167 Å². The molecule has 4 N–H and O–H groups in total.